The molecule has 1 aromatic rings. The van der Waals surface area contributed by atoms with E-state index in [0.717, 1.165) is 26.5 Å². The van der Waals surface area contributed by atoms with Crippen LogP contribution in [0.4, 0.5) is 0 Å². The van der Waals surface area contributed by atoms with E-state index in [1.54, 1.807) is 0 Å². The number of thioether (sulfide) groups is 1. The highest BCUT2D eigenvalue weighted by molar-refractivity contribution is 9.10. The molecule has 0 aliphatic carbocycles. The lowest BCUT2D eigenvalue weighted by Gasteiger charge is -2.09. The topological polar surface area (TPSA) is 12.9 Å². The largest absolute Gasteiger partial charge is 0.249 e. The van der Waals surface area contributed by atoms with Crippen molar-refractivity contribution in [2.45, 2.75) is 18.4 Å². The lowest BCUT2D eigenvalue weighted by Crippen LogP contribution is -2.03. The normalized spacial score (nSPS) is 12.8. The van der Waals surface area contributed by atoms with Gasteiger partial charge in [0.2, 0.25) is 0 Å². The molecule has 4 heteroatoms. The van der Waals surface area contributed by atoms with Crippen molar-refractivity contribution in [3.63, 3.8) is 0 Å². The van der Waals surface area contributed by atoms with Crippen LogP contribution in [0, 0.1) is 5.92 Å². The number of alkyl halides is 1. The molecule has 0 N–H and O–H groups in total. The van der Waals surface area contributed by atoms with E-state index in [4.69, 9.17) is 0 Å². The van der Waals surface area contributed by atoms with E-state index in [1.165, 1.54) is 6.42 Å². The quantitative estimate of drug-likeness (QED) is 0.584. The molecule has 0 saturated carbocycles. The van der Waals surface area contributed by atoms with Crippen LogP contribution in [0.5, 0.6) is 0 Å². The van der Waals surface area contributed by atoms with Gasteiger partial charge in [0.25, 0.3) is 0 Å². The summed E-state index contributed by atoms with van der Waals surface area (Å²) in [7, 11) is 0. The van der Waals surface area contributed by atoms with Gasteiger partial charge in [0, 0.05) is 21.8 Å². The fraction of sp³-hybridized carbons (Fsp3) is 0.500. The van der Waals surface area contributed by atoms with Crippen LogP contribution in [0.2, 0.25) is 0 Å². The highest BCUT2D eigenvalue weighted by Gasteiger charge is 2.05. The molecule has 0 saturated heterocycles. The summed E-state index contributed by atoms with van der Waals surface area (Å²) >= 11 is 8.72. The van der Waals surface area contributed by atoms with Crippen molar-refractivity contribution in [2.24, 2.45) is 5.92 Å². The summed E-state index contributed by atoms with van der Waals surface area (Å²) in [5.41, 5.74) is 0. The minimum atomic E-state index is 0.741. The molecular formula is C10H13Br2NS. The van der Waals surface area contributed by atoms with Crippen LogP contribution in [-0.4, -0.2) is 16.1 Å². The number of halogens is 2. The summed E-state index contributed by atoms with van der Waals surface area (Å²) in [4.78, 5) is 4.32. The van der Waals surface area contributed by atoms with Gasteiger partial charge < -0.3 is 0 Å². The fourth-order valence-electron chi connectivity index (χ4n) is 0.922. The Kier molecular flexibility index (Phi) is 6.13. The molecular weight excluding hydrogens is 326 g/mol. The van der Waals surface area contributed by atoms with Crippen LogP contribution in [0.1, 0.15) is 13.3 Å². The van der Waals surface area contributed by atoms with Gasteiger partial charge in [0.1, 0.15) is 0 Å². The van der Waals surface area contributed by atoms with Crippen molar-refractivity contribution < 1.29 is 0 Å². The molecule has 1 atom stereocenters. The zero-order valence-electron chi connectivity index (χ0n) is 8.04. The highest BCUT2D eigenvalue weighted by Crippen LogP contribution is 2.22. The Morgan fingerprint density at radius 2 is 2.29 bits per heavy atom. The zero-order valence-corrected chi connectivity index (χ0v) is 12.0. The minimum Gasteiger partial charge on any atom is -0.249 e. The van der Waals surface area contributed by atoms with Crippen LogP contribution >= 0.6 is 43.6 Å². The van der Waals surface area contributed by atoms with Crippen LogP contribution in [0.15, 0.2) is 27.8 Å². The Labute approximate surface area is 106 Å². The van der Waals surface area contributed by atoms with Gasteiger partial charge in [0.15, 0.2) is 0 Å². The summed E-state index contributed by atoms with van der Waals surface area (Å²) in [6, 6.07) is 4.08. The summed E-state index contributed by atoms with van der Waals surface area (Å²) in [6.45, 7) is 2.22. The zero-order chi connectivity index (χ0) is 10.4. The second kappa shape index (κ2) is 6.85. The maximum absolute atomic E-state index is 4.32. The molecule has 0 aliphatic rings. The van der Waals surface area contributed by atoms with Gasteiger partial charge in [-0.25, -0.2) is 4.98 Å². The van der Waals surface area contributed by atoms with Crippen LogP contribution in [0.3, 0.4) is 0 Å². The number of aromatic nitrogens is 1. The average molecular weight is 339 g/mol. The van der Waals surface area contributed by atoms with Crippen molar-refractivity contribution >= 4 is 43.6 Å². The predicted octanol–water partition coefficient (Wildman–Crippen LogP) is 4.36. The molecule has 1 aromatic heterocycles. The van der Waals surface area contributed by atoms with Crippen molar-refractivity contribution in [1.29, 1.82) is 0 Å². The van der Waals surface area contributed by atoms with Crippen LogP contribution < -0.4 is 0 Å². The van der Waals surface area contributed by atoms with E-state index in [2.05, 4.69) is 49.8 Å². The van der Waals surface area contributed by atoms with Gasteiger partial charge in [0.05, 0.1) is 5.03 Å². The van der Waals surface area contributed by atoms with E-state index in [-0.39, 0.29) is 0 Å². The maximum Gasteiger partial charge on any atom is 0.0960 e. The summed E-state index contributed by atoms with van der Waals surface area (Å²) in [6.07, 6.45) is 3.06. The predicted molar refractivity (Wildman–Crippen MR) is 70.2 cm³/mol. The van der Waals surface area contributed by atoms with Gasteiger partial charge in [-0.15, -0.1) is 11.8 Å². The lowest BCUT2D eigenvalue weighted by molar-refractivity contribution is 0.652. The molecule has 1 rings (SSSR count). The van der Waals surface area contributed by atoms with Gasteiger partial charge in [-0.1, -0.05) is 29.3 Å². The number of nitrogens with zero attached hydrogens (tertiary/aromatic N) is 1. The van der Waals surface area contributed by atoms with E-state index in [1.807, 2.05) is 24.0 Å². The smallest absolute Gasteiger partial charge is 0.0960 e. The summed E-state index contributed by atoms with van der Waals surface area (Å²) in [5.74, 6) is 1.88. The molecule has 1 nitrogen and oxygen atoms in total. The van der Waals surface area contributed by atoms with Crippen molar-refractivity contribution in [1.82, 2.24) is 4.98 Å². The molecule has 0 fully saturated rings. The third-order valence-electron chi connectivity index (χ3n) is 1.96. The Morgan fingerprint density at radius 3 is 2.79 bits per heavy atom. The average Bonchev–Trinajstić information content (AvgIpc) is 2.22. The molecule has 0 spiro atoms. The number of hydrogen-bond acceptors (Lipinski definition) is 2. The third kappa shape index (κ3) is 4.32. The summed E-state index contributed by atoms with van der Waals surface area (Å²) < 4.78 is 1.04. The van der Waals surface area contributed by atoms with Gasteiger partial charge in [-0.05, 0) is 34.0 Å². The van der Waals surface area contributed by atoms with Crippen LogP contribution in [-0.2, 0) is 0 Å². The molecule has 1 heterocycles. The second-order valence-corrected chi connectivity index (χ2v) is 5.66. The Hall–Kier alpha value is 0.460. The highest BCUT2D eigenvalue weighted by atomic mass is 79.9. The van der Waals surface area contributed by atoms with E-state index in [9.17, 15) is 0 Å². The molecule has 78 valence electrons. The summed E-state index contributed by atoms with van der Waals surface area (Å²) in [5, 5.41) is 2.18. The van der Waals surface area contributed by atoms with E-state index >= 15 is 0 Å². The van der Waals surface area contributed by atoms with Crippen molar-refractivity contribution in [3.05, 3.63) is 22.8 Å². The van der Waals surface area contributed by atoms with Gasteiger partial charge >= 0.3 is 0 Å². The van der Waals surface area contributed by atoms with Crippen molar-refractivity contribution in [3.8, 4) is 0 Å². The maximum atomic E-state index is 4.32. The standard InChI is InChI=1S/C10H13Br2NS/c1-2-8(5-11)7-14-10-4-3-9(12)6-13-10/h3-4,6,8H,2,5,7H2,1H3. The Bertz CT molecular complexity index is 259. The van der Waals surface area contributed by atoms with Crippen molar-refractivity contribution in [2.75, 3.05) is 11.1 Å². The van der Waals surface area contributed by atoms with Gasteiger partial charge in [-0.3, -0.25) is 0 Å². The number of hydrogen-bond donors (Lipinski definition) is 0. The van der Waals surface area contributed by atoms with Gasteiger partial charge in [-0.2, -0.15) is 0 Å². The second-order valence-electron chi connectivity index (χ2n) is 3.05. The minimum absolute atomic E-state index is 0.741. The SMILES string of the molecule is CCC(CBr)CSc1ccc(Br)cn1. The molecule has 0 aromatic carbocycles. The van der Waals surface area contributed by atoms with E-state index < -0.39 is 0 Å². The number of rotatable bonds is 5. The molecule has 0 bridgehead atoms. The molecule has 14 heavy (non-hydrogen) atoms. The first-order valence-corrected chi connectivity index (χ1v) is 7.46. The molecule has 0 radical (unpaired) electrons. The van der Waals surface area contributed by atoms with E-state index in [0.29, 0.717) is 0 Å². The van der Waals surface area contributed by atoms with Crippen LogP contribution in [0.25, 0.3) is 0 Å². The third-order valence-corrected chi connectivity index (χ3v) is 4.52. The molecule has 0 aliphatic heterocycles. The number of pyridine rings is 1. The monoisotopic (exact) mass is 337 g/mol. The first-order valence-electron chi connectivity index (χ1n) is 4.56. The first-order chi connectivity index (χ1) is 6.76. The molecule has 0 amide bonds. The Balaban J connectivity index is 2.41. The Morgan fingerprint density at radius 1 is 1.50 bits per heavy atom. The molecule has 1 unspecified atom stereocenters. The lowest BCUT2D eigenvalue weighted by atomic mass is 10.2. The first kappa shape index (κ1) is 12.5. The fourth-order valence-corrected chi connectivity index (χ4v) is 3.20.